The minimum atomic E-state index is -2.24. The SMILES string of the molecule is C=C1/C=C(\C)[C@H](CC)OC(=O)[C@H](C)C(=O)[C@@](O)(CO)[C@@H](OC)/C=C/[C@@H](C)C1. The van der Waals surface area contributed by atoms with E-state index in [1.165, 1.54) is 14.0 Å². The van der Waals surface area contributed by atoms with Gasteiger partial charge in [0.25, 0.3) is 0 Å². The van der Waals surface area contributed by atoms with Gasteiger partial charge in [-0.1, -0.05) is 44.2 Å². The molecule has 0 radical (unpaired) electrons. The molecule has 0 aliphatic carbocycles. The van der Waals surface area contributed by atoms with Crippen LogP contribution in [0.3, 0.4) is 0 Å². The van der Waals surface area contributed by atoms with E-state index in [1.807, 2.05) is 32.9 Å². The lowest BCUT2D eigenvalue weighted by Gasteiger charge is -2.32. The van der Waals surface area contributed by atoms with Gasteiger partial charge in [0.15, 0.2) is 11.4 Å². The van der Waals surface area contributed by atoms with Crippen LogP contribution >= 0.6 is 0 Å². The number of aliphatic hydroxyl groups is 2. The first-order valence-corrected chi connectivity index (χ1v) is 9.25. The van der Waals surface area contributed by atoms with Crippen LogP contribution in [0, 0.1) is 11.8 Å². The van der Waals surface area contributed by atoms with Crippen molar-refractivity contribution in [2.75, 3.05) is 13.7 Å². The maximum absolute atomic E-state index is 12.8. The summed E-state index contributed by atoms with van der Waals surface area (Å²) in [5.74, 6) is -2.77. The third-order valence-corrected chi connectivity index (χ3v) is 4.91. The molecule has 0 amide bonds. The van der Waals surface area contributed by atoms with Crippen LogP contribution in [-0.4, -0.2) is 53.5 Å². The third kappa shape index (κ3) is 5.61. The van der Waals surface area contributed by atoms with Gasteiger partial charge in [-0.3, -0.25) is 9.59 Å². The fraction of sp³-hybridized carbons (Fsp3) is 0.619. The average molecular weight is 380 g/mol. The summed E-state index contributed by atoms with van der Waals surface area (Å²) in [4.78, 5) is 25.3. The Morgan fingerprint density at radius 2 is 1.96 bits per heavy atom. The number of Topliss-reactive ketones (excluding diaryl/α,β-unsaturated/α-hetero) is 1. The number of hydrogen-bond acceptors (Lipinski definition) is 6. The molecule has 0 unspecified atom stereocenters. The third-order valence-electron chi connectivity index (χ3n) is 4.91. The van der Waals surface area contributed by atoms with Gasteiger partial charge in [-0.25, -0.2) is 0 Å². The van der Waals surface area contributed by atoms with E-state index in [2.05, 4.69) is 6.58 Å². The topological polar surface area (TPSA) is 93.1 Å². The van der Waals surface area contributed by atoms with Crippen molar-refractivity contribution < 1.29 is 29.3 Å². The van der Waals surface area contributed by atoms with Gasteiger partial charge in [-0.15, -0.1) is 0 Å². The van der Waals surface area contributed by atoms with Crippen molar-refractivity contribution in [1.82, 2.24) is 0 Å². The van der Waals surface area contributed by atoms with Crippen molar-refractivity contribution in [1.29, 1.82) is 0 Å². The van der Waals surface area contributed by atoms with Gasteiger partial charge in [0.2, 0.25) is 0 Å². The minimum absolute atomic E-state index is 0.0697. The van der Waals surface area contributed by atoms with Crippen LogP contribution in [-0.2, 0) is 19.1 Å². The summed E-state index contributed by atoms with van der Waals surface area (Å²) in [6.07, 6.45) is 4.87. The number of rotatable bonds is 3. The predicted octanol–water partition coefficient (Wildman–Crippen LogP) is 2.35. The zero-order valence-electron chi connectivity index (χ0n) is 16.9. The van der Waals surface area contributed by atoms with Crippen LogP contribution in [0.15, 0.2) is 36.0 Å². The van der Waals surface area contributed by atoms with Crippen molar-refractivity contribution in [2.24, 2.45) is 11.8 Å². The van der Waals surface area contributed by atoms with Gasteiger partial charge in [0.05, 0.1) is 6.61 Å². The smallest absolute Gasteiger partial charge is 0.316 e. The Labute approximate surface area is 161 Å². The number of carbonyl (C=O) groups excluding carboxylic acids is 2. The second-order valence-corrected chi connectivity index (χ2v) is 7.27. The quantitative estimate of drug-likeness (QED) is 0.444. The molecule has 0 saturated carbocycles. The van der Waals surface area contributed by atoms with E-state index in [4.69, 9.17) is 9.47 Å². The lowest BCUT2D eigenvalue weighted by atomic mass is 9.84. The molecule has 1 aliphatic heterocycles. The summed E-state index contributed by atoms with van der Waals surface area (Å²) in [6, 6.07) is 0. The fourth-order valence-corrected chi connectivity index (χ4v) is 3.21. The first kappa shape index (κ1) is 23.3. The van der Waals surface area contributed by atoms with Gasteiger partial charge in [0.1, 0.15) is 18.1 Å². The summed E-state index contributed by atoms with van der Waals surface area (Å²) in [5, 5.41) is 20.5. The Kier molecular flexibility index (Phi) is 8.59. The molecule has 0 spiro atoms. The van der Waals surface area contributed by atoms with Crippen molar-refractivity contribution in [3.05, 3.63) is 36.0 Å². The van der Waals surface area contributed by atoms with Gasteiger partial charge in [-0.2, -0.15) is 0 Å². The summed E-state index contributed by atoms with van der Waals surface area (Å²) in [6.45, 7) is 10.3. The molecule has 1 heterocycles. The highest BCUT2D eigenvalue weighted by Crippen LogP contribution is 2.25. The van der Waals surface area contributed by atoms with Crippen molar-refractivity contribution in [3.8, 4) is 0 Å². The molecule has 0 aromatic rings. The second-order valence-electron chi connectivity index (χ2n) is 7.27. The highest BCUT2D eigenvalue weighted by atomic mass is 16.5. The van der Waals surface area contributed by atoms with Crippen LogP contribution in [0.1, 0.15) is 40.5 Å². The predicted molar refractivity (Wildman–Crippen MR) is 103 cm³/mol. The van der Waals surface area contributed by atoms with Crippen LogP contribution in [0.25, 0.3) is 0 Å². The average Bonchev–Trinajstić information content (AvgIpc) is 2.63. The summed E-state index contributed by atoms with van der Waals surface area (Å²) >= 11 is 0. The summed E-state index contributed by atoms with van der Waals surface area (Å²) < 4.78 is 10.7. The van der Waals surface area contributed by atoms with E-state index in [0.717, 1.165) is 11.1 Å². The second kappa shape index (κ2) is 9.97. The Morgan fingerprint density at radius 3 is 2.48 bits per heavy atom. The monoisotopic (exact) mass is 380 g/mol. The maximum Gasteiger partial charge on any atom is 0.316 e. The van der Waals surface area contributed by atoms with Crippen LogP contribution in [0.4, 0.5) is 0 Å². The molecule has 6 heteroatoms. The number of ketones is 1. The number of ether oxygens (including phenoxy) is 2. The zero-order valence-corrected chi connectivity index (χ0v) is 16.9. The van der Waals surface area contributed by atoms with Crippen LogP contribution in [0.5, 0.6) is 0 Å². The maximum atomic E-state index is 12.8. The van der Waals surface area contributed by atoms with Gasteiger partial charge in [-0.05, 0) is 38.2 Å². The van der Waals surface area contributed by atoms with Gasteiger partial charge < -0.3 is 19.7 Å². The number of esters is 1. The molecular weight excluding hydrogens is 348 g/mol. The fourth-order valence-electron chi connectivity index (χ4n) is 3.21. The van der Waals surface area contributed by atoms with E-state index in [-0.39, 0.29) is 5.92 Å². The highest BCUT2D eigenvalue weighted by Gasteiger charge is 2.47. The lowest BCUT2D eigenvalue weighted by molar-refractivity contribution is -0.169. The molecule has 152 valence electrons. The van der Waals surface area contributed by atoms with E-state index < -0.39 is 42.1 Å². The van der Waals surface area contributed by atoms with E-state index in [0.29, 0.717) is 12.8 Å². The number of aliphatic hydroxyl groups excluding tert-OH is 1. The molecule has 0 saturated heterocycles. The minimum Gasteiger partial charge on any atom is -0.457 e. The molecule has 0 bridgehead atoms. The summed E-state index contributed by atoms with van der Waals surface area (Å²) in [5.41, 5.74) is -0.514. The zero-order chi connectivity index (χ0) is 20.8. The van der Waals surface area contributed by atoms with Crippen molar-refractivity contribution in [3.63, 3.8) is 0 Å². The Hall–Kier alpha value is -1.76. The number of cyclic esters (lactones) is 1. The van der Waals surface area contributed by atoms with E-state index in [9.17, 15) is 19.8 Å². The molecule has 0 fully saturated rings. The normalized spacial score (nSPS) is 37.1. The molecule has 0 aromatic heterocycles. The lowest BCUT2D eigenvalue weighted by Crippen LogP contribution is -2.56. The first-order chi connectivity index (χ1) is 12.6. The number of hydrogen-bond donors (Lipinski definition) is 2. The van der Waals surface area contributed by atoms with Crippen LogP contribution in [0.2, 0.25) is 0 Å². The van der Waals surface area contributed by atoms with Crippen LogP contribution < -0.4 is 0 Å². The van der Waals surface area contributed by atoms with E-state index >= 15 is 0 Å². The summed E-state index contributed by atoms with van der Waals surface area (Å²) in [7, 11) is 1.33. The van der Waals surface area contributed by atoms with Crippen molar-refractivity contribution >= 4 is 11.8 Å². The largest absolute Gasteiger partial charge is 0.457 e. The number of allylic oxidation sites excluding steroid dienone is 3. The molecule has 1 aliphatic rings. The first-order valence-electron chi connectivity index (χ1n) is 9.25. The van der Waals surface area contributed by atoms with Gasteiger partial charge >= 0.3 is 5.97 Å². The number of methoxy groups -OCH3 is 1. The molecule has 1 rings (SSSR count). The Bertz CT molecular complexity index is 620. The number of carbonyl (C=O) groups is 2. The molecule has 27 heavy (non-hydrogen) atoms. The molecule has 6 nitrogen and oxygen atoms in total. The molecule has 5 atom stereocenters. The Morgan fingerprint density at radius 1 is 1.33 bits per heavy atom. The van der Waals surface area contributed by atoms with Crippen molar-refractivity contribution in [2.45, 2.75) is 58.3 Å². The molecule has 0 aromatic carbocycles. The molecule has 2 N–H and O–H groups in total. The molecular formula is C21H32O6. The standard InChI is InChI=1S/C21H32O6/c1-7-17-15(4)11-14(3)10-13(2)8-9-18(26-6)21(25,12-22)19(23)16(5)20(24)27-17/h8-9,11,13,16-18,22,25H,3,7,10,12H2,1-2,4-6H3/b9-8+,15-11+/t13-,16-,17+,18+,21-/m1/s1. The highest BCUT2D eigenvalue weighted by molar-refractivity contribution is 6.03. The van der Waals surface area contributed by atoms with E-state index in [1.54, 1.807) is 6.08 Å². The van der Waals surface area contributed by atoms with Gasteiger partial charge in [0, 0.05) is 7.11 Å². The Balaban J connectivity index is 3.39.